The van der Waals surface area contributed by atoms with Crippen molar-refractivity contribution in [3.05, 3.63) is 56.3 Å². The topological polar surface area (TPSA) is 106 Å². The predicted molar refractivity (Wildman–Crippen MR) is 126 cm³/mol. The van der Waals surface area contributed by atoms with Gasteiger partial charge in [-0.2, -0.15) is 0 Å². The summed E-state index contributed by atoms with van der Waals surface area (Å²) in [5.74, 6) is -0.312. The molecule has 0 saturated carbocycles. The van der Waals surface area contributed by atoms with Crippen LogP contribution in [0.3, 0.4) is 0 Å². The number of aromatic nitrogens is 3. The third-order valence-electron chi connectivity index (χ3n) is 5.52. The Balaban J connectivity index is 1.32. The predicted octanol–water partition coefficient (Wildman–Crippen LogP) is 3.72. The second-order valence-corrected chi connectivity index (χ2v) is 9.71. The Labute approximate surface area is 191 Å². The van der Waals surface area contributed by atoms with E-state index in [9.17, 15) is 14.4 Å². The molecule has 4 aromatic rings. The lowest BCUT2D eigenvalue weighted by molar-refractivity contribution is -0.117. The molecule has 162 valence electrons. The van der Waals surface area contributed by atoms with Gasteiger partial charge in [-0.15, -0.1) is 22.7 Å². The van der Waals surface area contributed by atoms with Gasteiger partial charge in [0.25, 0.3) is 5.56 Å². The van der Waals surface area contributed by atoms with Gasteiger partial charge in [0.1, 0.15) is 11.4 Å². The molecule has 4 heterocycles. The minimum Gasteiger partial charge on any atom is -0.326 e. The Morgan fingerprint density at radius 2 is 2.09 bits per heavy atom. The van der Waals surface area contributed by atoms with Gasteiger partial charge in [-0.05, 0) is 43.5 Å². The SMILES string of the molecule is Cc1sc2ncn(CC(=O)Nc3nc(-c4ccc5c(c4)CCC(=O)N5)cs3)c(=O)c2c1C. The third-order valence-corrected chi connectivity index (χ3v) is 7.39. The summed E-state index contributed by atoms with van der Waals surface area (Å²) < 4.78 is 1.32. The molecule has 2 amide bonds. The molecule has 3 aromatic heterocycles. The molecule has 0 fully saturated rings. The number of carbonyl (C=O) groups is 2. The van der Waals surface area contributed by atoms with Crippen LogP contribution in [0.4, 0.5) is 10.8 Å². The zero-order chi connectivity index (χ0) is 22.4. The molecule has 8 nitrogen and oxygen atoms in total. The van der Waals surface area contributed by atoms with E-state index in [2.05, 4.69) is 20.6 Å². The highest BCUT2D eigenvalue weighted by atomic mass is 32.1. The molecule has 0 aliphatic carbocycles. The Morgan fingerprint density at radius 3 is 2.94 bits per heavy atom. The van der Waals surface area contributed by atoms with Crippen molar-refractivity contribution in [2.24, 2.45) is 0 Å². The third kappa shape index (κ3) is 3.71. The molecule has 1 aromatic carbocycles. The molecule has 0 unspecified atom stereocenters. The second-order valence-electron chi connectivity index (χ2n) is 7.65. The number of nitrogens with one attached hydrogen (secondary N) is 2. The van der Waals surface area contributed by atoms with Crippen LogP contribution in [0, 0.1) is 13.8 Å². The van der Waals surface area contributed by atoms with Gasteiger partial charge < -0.3 is 10.6 Å². The Morgan fingerprint density at radius 1 is 1.25 bits per heavy atom. The molecule has 0 radical (unpaired) electrons. The first-order chi connectivity index (χ1) is 15.4. The van der Waals surface area contributed by atoms with Crippen LogP contribution >= 0.6 is 22.7 Å². The van der Waals surface area contributed by atoms with E-state index in [4.69, 9.17) is 0 Å². The molecule has 5 rings (SSSR count). The highest BCUT2D eigenvalue weighted by molar-refractivity contribution is 7.18. The molecule has 1 aliphatic heterocycles. The van der Waals surface area contributed by atoms with Crippen LogP contribution in [-0.4, -0.2) is 26.3 Å². The summed E-state index contributed by atoms with van der Waals surface area (Å²) in [5.41, 5.74) is 4.27. The maximum absolute atomic E-state index is 12.8. The van der Waals surface area contributed by atoms with Gasteiger partial charge in [0.2, 0.25) is 11.8 Å². The number of nitrogens with zero attached hydrogens (tertiary/aromatic N) is 3. The largest absolute Gasteiger partial charge is 0.326 e. The number of hydrogen-bond donors (Lipinski definition) is 2. The van der Waals surface area contributed by atoms with Gasteiger partial charge >= 0.3 is 0 Å². The van der Waals surface area contributed by atoms with Crippen LogP contribution in [0.2, 0.25) is 0 Å². The van der Waals surface area contributed by atoms with E-state index in [0.29, 0.717) is 28.2 Å². The summed E-state index contributed by atoms with van der Waals surface area (Å²) in [7, 11) is 0. The number of aryl methyl sites for hydroxylation is 3. The number of hydrogen-bond acceptors (Lipinski definition) is 7. The van der Waals surface area contributed by atoms with Gasteiger partial charge in [0, 0.05) is 27.9 Å². The number of amides is 2. The van der Waals surface area contributed by atoms with E-state index in [-0.39, 0.29) is 23.9 Å². The van der Waals surface area contributed by atoms with E-state index in [1.165, 1.54) is 33.6 Å². The summed E-state index contributed by atoms with van der Waals surface area (Å²) in [6.45, 7) is 3.72. The first-order valence-electron chi connectivity index (χ1n) is 10.0. The van der Waals surface area contributed by atoms with Crippen LogP contribution in [0.1, 0.15) is 22.4 Å². The summed E-state index contributed by atoms with van der Waals surface area (Å²) in [6.07, 6.45) is 2.58. The molecule has 0 saturated heterocycles. The molecule has 2 N–H and O–H groups in total. The van der Waals surface area contributed by atoms with Crippen molar-refractivity contribution in [3.63, 3.8) is 0 Å². The van der Waals surface area contributed by atoms with Gasteiger partial charge in [0.05, 0.1) is 17.4 Å². The van der Waals surface area contributed by atoms with E-state index in [1.807, 2.05) is 37.4 Å². The lowest BCUT2D eigenvalue weighted by atomic mass is 9.99. The summed E-state index contributed by atoms with van der Waals surface area (Å²) in [4.78, 5) is 47.5. The Hall–Kier alpha value is -3.37. The Kier molecular flexibility index (Phi) is 5.10. The number of anilines is 2. The van der Waals surface area contributed by atoms with Crippen LogP contribution in [0.5, 0.6) is 0 Å². The summed E-state index contributed by atoms with van der Waals surface area (Å²) in [6, 6.07) is 5.79. The quantitative estimate of drug-likeness (QED) is 0.478. The van der Waals surface area contributed by atoms with E-state index in [0.717, 1.165) is 32.9 Å². The van der Waals surface area contributed by atoms with Gasteiger partial charge in [-0.25, -0.2) is 9.97 Å². The van der Waals surface area contributed by atoms with Gasteiger partial charge in [-0.1, -0.05) is 6.07 Å². The minimum absolute atomic E-state index is 0.0293. The number of rotatable bonds is 4. The average Bonchev–Trinajstić information content (AvgIpc) is 3.34. The van der Waals surface area contributed by atoms with E-state index in [1.54, 1.807) is 0 Å². The highest BCUT2D eigenvalue weighted by Crippen LogP contribution is 2.30. The van der Waals surface area contributed by atoms with Crippen molar-refractivity contribution in [1.82, 2.24) is 14.5 Å². The van der Waals surface area contributed by atoms with Gasteiger partial charge in [0.15, 0.2) is 5.13 Å². The summed E-state index contributed by atoms with van der Waals surface area (Å²) in [5, 5.41) is 8.54. The van der Waals surface area contributed by atoms with Crippen molar-refractivity contribution in [2.75, 3.05) is 10.6 Å². The van der Waals surface area contributed by atoms with Crippen LogP contribution in [0.25, 0.3) is 21.5 Å². The molecule has 0 spiro atoms. The lowest BCUT2D eigenvalue weighted by Gasteiger charge is -2.17. The van der Waals surface area contributed by atoms with Crippen molar-refractivity contribution in [2.45, 2.75) is 33.2 Å². The fourth-order valence-corrected chi connectivity index (χ4v) is 5.43. The fourth-order valence-electron chi connectivity index (χ4n) is 3.70. The molecule has 1 aliphatic rings. The van der Waals surface area contributed by atoms with Gasteiger partial charge in [-0.3, -0.25) is 19.0 Å². The first kappa shape index (κ1) is 20.5. The number of thiophene rings is 1. The zero-order valence-electron chi connectivity index (χ0n) is 17.4. The first-order valence-corrected chi connectivity index (χ1v) is 11.7. The molecular weight excluding hydrogens is 446 g/mol. The maximum atomic E-state index is 12.8. The van der Waals surface area contributed by atoms with Crippen molar-refractivity contribution in [3.8, 4) is 11.3 Å². The van der Waals surface area contributed by atoms with Crippen molar-refractivity contribution >= 4 is 55.5 Å². The normalized spacial score (nSPS) is 13.1. The molecular formula is C22H19N5O3S2. The molecule has 32 heavy (non-hydrogen) atoms. The van der Waals surface area contributed by atoms with Crippen molar-refractivity contribution < 1.29 is 9.59 Å². The number of fused-ring (bicyclic) bond motifs is 2. The Bertz CT molecular complexity index is 1450. The summed E-state index contributed by atoms with van der Waals surface area (Å²) >= 11 is 2.80. The smallest absolute Gasteiger partial charge is 0.262 e. The van der Waals surface area contributed by atoms with Crippen LogP contribution in [0.15, 0.2) is 34.7 Å². The number of thiazole rings is 1. The molecule has 0 atom stereocenters. The number of carbonyl (C=O) groups excluding carboxylic acids is 2. The van der Waals surface area contributed by atoms with Crippen LogP contribution < -0.4 is 16.2 Å². The lowest BCUT2D eigenvalue weighted by Crippen LogP contribution is -2.27. The highest BCUT2D eigenvalue weighted by Gasteiger charge is 2.17. The second kappa shape index (κ2) is 7.95. The van der Waals surface area contributed by atoms with E-state index >= 15 is 0 Å². The monoisotopic (exact) mass is 465 g/mol. The minimum atomic E-state index is -0.341. The fraction of sp³-hybridized carbons (Fsp3) is 0.227. The van der Waals surface area contributed by atoms with Crippen LogP contribution in [-0.2, 0) is 22.6 Å². The zero-order valence-corrected chi connectivity index (χ0v) is 19.0. The average molecular weight is 466 g/mol. The van der Waals surface area contributed by atoms with E-state index < -0.39 is 0 Å². The maximum Gasteiger partial charge on any atom is 0.262 e. The molecule has 10 heteroatoms. The standard InChI is InChI=1S/C22H19N5O3S2/c1-11-12(2)32-20-19(11)21(30)27(10-23-20)8-18(29)26-22-25-16(9-31-22)14-3-5-15-13(7-14)4-6-17(28)24-15/h3,5,7,9-10H,4,6,8H2,1-2H3,(H,24,28)(H,25,26,29). The molecule has 0 bridgehead atoms. The van der Waals surface area contributed by atoms with Crippen molar-refractivity contribution in [1.29, 1.82) is 0 Å². The number of benzene rings is 1.